The van der Waals surface area contributed by atoms with E-state index >= 15 is 0 Å². The number of carbonyl (C=O) groups excluding carboxylic acids is 1. The monoisotopic (exact) mass is 393 g/mol. The SMILES string of the molecule is COc1ccc(-c2cc(=O)n(CCNC(=O)/C=C/c3ccc(F)cc3)cn2)cc1. The molecule has 1 N–H and O–H groups in total. The Labute approximate surface area is 167 Å². The van der Waals surface area contributed by atoms with Crippen LogP contribution in [-0.4, -0.2) is 29.1 Å². The summed E-state index contributed by atoms with van der Waals surface area (Å²) < 4.78 is 19.4. The highest BCUT2D eigenvalue weighted by Crippen LogP contribution is 2.19. The number of hydrogen-bond acceptors (Lipinski definition) is 4. The van der Waals surface area contributed by atoms with E-state index < -0.39 is 0 Å². The summed E-state index contributed by atoms with van der Waals surface area (Å²) in [6, 6.07) is 14.5. The van der Waals surface area contributed by atoms with Crippen LogP contribution < -0.4 is 15.6 Å². The number of halogens is 1. The van der Waals surface area contributed by atoms with Gasteiger partial charge in [0.25, 0.3) is 5.56 Å². The van der Waals surface area contributed by atoms with E-state index in [1.807, 2.05) is 12.1 Å². The number of carbonyl (C=O) groups is 1. The summed E-state index contributed by atoms with van der Waals surface area (Å²) in [5.41, 5.74) is 1.90. The summed E-state index contributed by atoms with van der Waals surface area (Å²) in [7, 11) is 1.59. The number of aromatic nitrogens is 2. The van der Waals surface area contributed by atoms with Gasteiger partial charge in [-0.15, -0.1) is 0 Å². The fourth-order valence-corrected chi connectivity index (χ4v) is 2.62. The Morgan fingerprint density at radius 1 is 1.17 bits per heavy atom. The number of benzene rings is 2. The lowest BCUT2D eigenvalue weighted by atomic mass is 10.1. The Balaban J connectivity index is 1.54. The van der Waals surface area contributed by atoms with Crippen LogP contribution in [0.25, 0.3) is 17.3 Å². The molecular weight excluding hydrogens is 373 g/mol. The van der Waals surface area contributed by atoms with Crippen molar-refractivity contribution in [2.75, 3.05) is 13.7 Å². The zero-order valence-electron chi connectivity index (χ0n) is 15.8. The molecule has 1 heterocycles. The van der Waals surface area contributed by atoms with E-state index in [4.69, 9.17) is 4.74 Å². The average molecular weight is 393 g/mol. The lowest BCUT2D eigenvalue weighted by molar-refractivity contribution is -0.116. The third kappa shape index (κ3) is 5.62. The van der Waals surface area contributed by atoms with Crippen LogP contribution in [0.5, 0.6) is 5.75 Å². The molecule has 0 saturated carbocycles. The molecule has 0 bridgehead atoms. The number of hydrogen-bond donors (Lipinski definition) is 1. The second-order valence-electron chi connectivity index (χ2n) is 6.21. The van der Waals surface area contributed by atoms with Crippen LogP contribution in [0.15, 0.2) is 71.8 Å². The van der Waals surface area contributed by atoms with Crippen molar-refractivity contribution in [1.29, 1.82) is 0 Å². The van der Waals surface area contributed by atoms with Gasteiger partial charge < -0.3 is 10.1 Å². The number of nitrogens with zero attached hydrogens (tertiary/aromatic N) is 2. The van der Waals surface area contributed by atoms with E-state index in [1.54, 1.807) is 37.5 Å². The summed E-state index contributed by atoms with van der Waals surface area (Å²) >= 11 is 0. The van der Waals surface area contributed by atoms with Gasteiger partial charge in [0.1, 0.15) is 11.6 Å². The standard InChI is InChI=1S/C22H20FN3O3/c1-29-19-9-5-17(6-10-19)20-14-22(28)26(15-25-20)13-12-24-21(27)11-4-16-2-7-18(23)8-3-16/h2-11,14-15H,12-13H2,1H3,(H,24,27)/b11-4+. The van der Waals surface area contributed by atoms with Crippen molar-refractivity contribution < 1.29 is 13.9 Å². The van der Waals surface area contributed by atoms with Crippen molar-refractivity contribution >= 4 is 12.0 Å². The minimum atomic E-state index is -0.330. The first kappa shape index (κ1) is 20.0. The van der Waals surface area contributed by atoms with Gasteiger partial charge in [-0.1, -0.05) is 12.1 Å². The van der Waals surface area contributed by atoms with Gasteiger partial charge in [0.2, 0.25) is 5.91 Å². The molecule has 0 unspecified atom stereocenters. The molecule has 1 aromatic heterocycles. The highest BCUT2D eigenvalue weighted by atomic mass is 19.1. The molecule has 0 aliphatic carbocycles. The van der Waals surface area contributed by atoms with E-state index in [9.17, 15) is 14.0 Å². The van der Waals surface area contributed by atoms with Crippen LogP contribution in [0.2, 0.25) is 0 Å². The number of rotatable bonds is 7. The molecule has 0 fully saturated rings. The summed E-state index contributed by atoms with van der Waals surface area (Å²) in [6.07, 6.45) is 4.41. The zero-order chi connectivity index (χ0) is 20.6. The van der Waals surface area contributed by atoms with Crippen LogP contribution >= 0.6 is 0 Å². The van der Waals surface area contributed by atoms with Crippen LogP contribution in [-0.2, 0) is 11.3 Å². The van der Waals surface area contributed by atoms with Crippen LogP contribution in [0.4, 0.5) is 4.39 Å². The summed E-state index contributed by atoms with van der Waals surface area (Å²) in [6.45, 7) is 0.570. The Hall–Kier alpha value is -3.74. The average Bonchev–Trinajstić information content (AvgIpc) is 2.74. The number of methoxy groups -OCH3 is 1. The first-order valence-corrected chi connectivity index (χ1v) is 8.97. The third-order valence-corrected chi connectivity index (χ3v) is 4.21. The molecule has 2 aromatic carbocycles. The van der Waals surface area contributed by atoms with Gasteiger partial charge in [0.15, 0.2) is 0 Å². The number of ether oxygens (including phenoxy) is 1. The molecule has 0 radical (unpaired) electrons. The van der Waals surface area contributed by atoms with E-state index in [0.29, 0.717) is 12.2 Å². The second-order valence-corrected chi connectivity index (χ2v) is 6.21. The maximum atomic E-state index is 12.9. The van der Waals surface area contributed by atoms with Gasteiger partial charge >= 0.3 is 0 Å². The van der Waals surface area contributed by atoms with Crippen molar-refractivity contribution in [3.8, 4) is 17.0 Å². The maximum absolute atomic E-state index is 12.9. The number of nitrogens with one attached hydrogen (secondary N) is 1. The van der Waals surface area contributed by atoms with Crippen molar-refractivity contribution in [1.82, 2.24) is 14.9 Å². The highest BCUT2D eigenvalue weighted by molar-refractivity contribution is 5.91. The van der Waals surface area contributed by atoms with E-state index in [1.165, 1.54) is 35.2 Å². The summed E-state index contributed by atoms with van der Waals surface area (Å²) in [5, 5.41) is 2.70. The molecule has 1 amide bonds. The fraction of sp³-hybridized carbons (Fsp3) is 0.136. The van der Waals surface area contributed by atoms with Gasteiger partial charge in [-0.2, -0.15) is 0 Å². The lowest BCUT2D eigenvalue weighted by Gasteiger charge is -2.07. The van der Waals surface area contributed by atoms with Crippen molar-refractivity contribution in [3.05, 3.63) is 88.7 Å². The van der Waals surface area contributed by atoms with Gasteiger partial charge in [-0.3, -0.25) is 14.2 Å². The highest BCUT2D eigenvalue weighted by Gasteiger charge is 2.04. The normalized spacial score (nSPS) is 10.8. The van der Waals surface area contributed by atoms with Gasteiger partial charge in [0, 0.05) is 30.8 Å². The molecule has 3 rings (SSSR count). The van der Waals surface area contributed by atoms with Gasteiger partial charge in [0.05, 0.1) is 19.1 Å². The minimum Gasteiger partial charge on any atom is -0.497 e. The summed E-state index contributed by atoms with van der Waals surface area (Å²) in [4.78, 5) is 28.5. The Kier molecular flexibility index (Phi) is 6.52. The van der Waals surface area contributed by atoms with Crippen molar-refractivity contribution in [2.45, 2.75) is 6.54 Å². The van der Waals surface area contributed by atoms with Crippen LogP contribution in [0.3, 0.4) is 0 Å². The molecule has 3 aromatic rings. The number of amides is 1. The molecule has 6 nitrogen and oxygen atoms in total. The molecule has 0 aliphatic heterocycles. The minimum absolute atomic E-state index is 0.207. The third-order valence-electron chi connectivity index (χ3n) is 4.21. The maximum Gasteiger partial charge on any atom is 0.253 e. The molecule has 0 saturated heterocycles. The topological polar surface area (TPSA) is 73.2 Å². The lowest BCUT2D eigenvalue weighted by Crippen LogP contribution is -2.29. The zero-order valence-corrected chi connectivity index (χ0v) is 15.8. The van der Waals surface area contributed by atoms with E-state index in [2.05, 4.69) is 10.3 Å². The predicted molar refractivity (Wildman–Crippen MR) is 109 cm³/mol. The molecular formula is C22H20FN3O3. The predicted octanol–water partition coefficient (Wildman–Crippen LogP) is 2.89. The van der Waals surface area contributed by atoms with Gasteiger partial charge in [-0.05, 0) is 48.0 Å². The van der Waals surface area contributed by atoms with Crippen LogP contribution in [0, 0.1) is 5.82 Å². The Morgan fingerprint density at radius 3 is 2.55 bits per heavy atom. The largest absolute Gasteiger partial charge is 0.497 e. The van der Waals surface area contributed by atoms with Crippen LogP contribution in [0.1, 0.15) is 5.56 Å². The molecule has 0 spiro atoms. The molecule has 0 aliphatic rings. The summed E-state index contributed by atoms with van der Waals surface area (Å²) in [5.74, 6) is 0.0974. The van der Waals surface area contributed by atoms with Crippen molar-refractivity contribution in [3.63, 3.8) is 0 Å². The molecule has 7 heteroatoms. The van der Waals surface area contributed by atoms with E-state index in [-0.39, 0.29) is 23.8 Å². The Bertz CT molecular complexity index is 1060. The molecule has 29 heavy (non-hydrogen) atoms. The smallest absolute Gasteiger partial charge is 0.253 e. The van der Waals surface area contributed by atoms with E-state index in [0.717, 1.165) is 16.9 Å². The second kappa shape index (κ2) is 9.45. The quantitative estimate of drug-likeness (QED) is 0.627. The fourth-order valence-electron chi connectivity index (χ4n) is 2.62. The van der Waals surface area contributed by atoms with Crippen molar-refractivity contribution in [2.24, 2.45) is 0 Å². The molecule has 0 atom stereocenters. The first-order valence-electron chi connectivity index (χ1n) is 8.97. The molecule has 148 valence electrons. The Morgan fingerprint density at radius 2 is 1.90 bits per heavy atom. The first-order chi connectivity index (χ1) is 14.0. The van der Waals surface area contributed by atoms with Gasteiger partial charge in [-0.25, -0.2) is 9.37 Å².